The number of fused-ring (bicyclic) bond motifs is 4. The predicted octanol–water partition coefficient (Wildman–Crippen LogP) is 2.62. The van der Waals surface area contributed by atoms with Gasteiger partial charge in [0.2, 0.25) is 11.8 Å². The van der Waals surface area contributed by atoms with E-state index in [4.69, 9.17) is 20.4 Å². The van der Waals surface area contributed by atoms with Crippen molar-refractivity contribution >= 4 is 22.7 Å². The van der Waals surface area contributed by atoms with Crippen molar-refractivity contribution < 1.29 is 9.53 Å². The molecule has 35 heavy (non-hydrogen) atoms. The summed E-state index contributed by atoms with van der Waals surface area (Å²) in [6.07, 6.45) is 5.34. The second-order valence-electron chi connectivity index (χ2n) is 10.3. The number of nitrogens with zero attached hydrogens (tertiary/aromatic N) is 6. The largest absolute Gasteiger partial charge is 0.475 e. The van der Waals surface area contributed by atoms with E-state index in [-0.39, 0.29) is 17.2 Å². The average Bonchev–Trinajstić information content (AvgIpc) is 3.52. The fourth-order valence-electron chi connectivity index (χ4n) is 5.69. The Labute approximate surface area is 202 Å². The summed E-state index contributed by atoms with van der Waals surface area (Å²) < 4.78 is 7.92. The third-order valence-electron chi connectivity index (χ3n) is 7.78. The van der Waals surface area contributed by atoms with Crippen LogP contribution in [0.3, 0.4) is 0 Å². The van der Waals surface area contributed by atoms with Crippen molar-refractivity contribution in [1.82, 2.24) is 34.4 Å². The fraction of sp³-hybridized carbons (Fsp3) is 0.480. The van der Waals surface area contributed by atoms with Crippen LogP contribution in [0.1, 0.15) is 55.0 Å². The lowest BCUT2D eigenvalue weighted by Crippen LogP contribution is -2.46. The highest BCUT2D eigenvalue weighted by Gasteiger charge is 2.46. The van der Waals surface area contributed by atoms with Gasteiger partial charge in [-0.05, 0) is 56.8 Å². The van der Waals surface area contributed by atoms with Crippen molar-refractivity contribution in [3.05, 3.63) is 34.9 Å². The number of H-pyrrole nitrogens is 1. The van der Waals surface area contributed by atoms with Crippen LogP contribution < -0.4 is 10.5 Å². The minimum absolute atomic E-state index is 0.178. The molecule has 1 spiro atoms. The average molecular weight is 475 g/mol. The molecule has 1 saturated heterocycles. The van der Waals surface area contributed by atoms with Crippen LogP contribution in [0.2, 0.25) is 0 Å². The number of aromatic nitrogens is 6. The number of primary amides is 1. The molecule has 1 fully saturated rings. The van der Waals surface area contributed by atoms with Crippen molar-refractivity contribution in [2.24, 2.45) is 5.73 Å². The van der Waals surface area contributed by atoms with Crippen LogP contribution >= 0.6 is 0 Å². The molecule has 10 heteroatoms. The lowest BCUT2D eigenvalue weighted by atomic mass is 9.77. The summed E-state index contributed by atoms with van der Waals surface area (Å²) in [5, 5.41) is 4.37. The van der Waals surface area contributed by atoms with Crippen molar-refractivity contribution in [3.63, 3.8) is 0 Å². The maximum absolute atomic E-state index is 11.4. The first-order valence-corrected chi connectivity index (χ1v) is 12.1. The molecule has 1 amide bonds. The van der Waals surface area contributed by atoms with Gasteiger partial charge in [0.05, 0.1) is 17.7 Å². The molecule has 0 radical (unpaired) electrons. The molecular formula is C25H30N8O2. The maximum atomic E-state index is 11.4. The number of piperidine rings is 1. The highest BCUT2D eigenvalue weighted by molar-refractivity contribution is 5.88. The van der Waals surface area contributed by atoms with Gasteiger partial charge in [0, 0.05) is 17.3 Å². The molecular weight excluding hydrogens is 444 g/mol. The Morgan fingerprint density at radius 3 is 2.71 bits per heavy atom. The van der Waals surface area contributed by atoms with Crippen molar-refractivity contribution in [2.45, 2.75) is 51.9 Å². The van der Waals surface area contributed by atoms with E-state index in [1.54, 1.807) is 6.33 Å². The number of hydrogen-bond acceptors (Lipinski definition) is 7. The molecule has 0 bridgehead atoms. The molecule has 4 aromatic rings. The maximum Gasteiger partial charge on any atom is 0.238 e. The van der Waals surface area contributed by atoms with Crippen LogP contribution in [0, 0.1) is 13.8 Å². The summed E-state index contributed by atoms with van der Waals surface area (Å²) in [5.74, 6) is 0.554. The Morgan fingerprint density at radius 1 is 1.23 bits per heavy atom. The molecule has 182 valence electrons. The van der Waals surface area contributed by atoms with Gasteiger partial charge in [0.1, 0.15) is 24.1 Å². The summed E-state index contributed by atoms with van der Waals surface area (Å²) >= 11 is 0. The van der Waals surface area contributed by atoms with Gasteiger partial charge in [-0.2, -0.15) is 10.1 Å². The number of hydrogen-bond donors (Lipinski definition) is 2. The molecule has 2 aliphatic heterocycles. The van der Waals surface area contributed by atoms with E-state index < -0.39 is 0 Å². The van der Waals surface area contributed by atoms with E-state index in [0.29, 0.717) is 19.0 Å². The van der Waals surface area contributed by atoms with Crippen molar-refractivity contribution in [3.8, 4) is 17.1 Å². The van der Waals surface area contributed by atoms with E-state index in [9.17, 15) is 4.79 Å². The molecule has 3 N–H and O–H groups in total. The van der Waals surface area contributed by atoms with Crippen molar-refractivity contribution in [1.29, 1.82) is 0 Å². The van der Waals surface area contributed by atoms with Gasteiger partial charge in [-0.25, -0.2) is 14.5 Å². The first-order valence-electron chi connectivity index (χ1n) is 12.1. The number of nitrogens with two attached hydrogens (primary N) is 1. The summed E-state index contributed by atoms with van der Waals surface area (Å²) in [4.78, 5) is 31.6. The number of ether oxygens (including phenoxy) is 1. The first kappa shape index (κ1) is 22.0. The number of aromatic amines is 1. The SMILES string of the molecule is Cc1c(-c2[nH]c3nc4c(nc3c2C(C)C)C2(CCN(CC(N)=O)CC2)CO4)cn2ncnc2c1C. The molecule has 0 aliphatic carbocycles. The Morgan fingerprint density at radius 2 is 2.00 bits per heavy atom. The van der Waals surface area contributed by atoms with Gasteiger partial charge >= 0.3 is 0 Å². The summed E-state index contributed by atoms with van der Waals surface area (Å²) in [7, 11) is 0. The van der Waals surface area contributed by atoms with Crippen LogP contribution in [-0.2, 0) is 10.2 Å². The zero-order valence-corrected chi connectivity index (χ0v) is 20.6. The number of pyridine rings is 1. The quantitative estimate of drug-likeness (QED) is 0.465. The number of amides is 1. The van der Waals surface area contributed by atoms with Gasteiger partial charge < -0.3 is 15.5 Å². The number of carbonyl (C=O) groups is 1. The zero-order chi connectivity index (χ0) is 24.5. The predicted molar refractivity (Wildman–Crippen MR) is 131 cm³/mol. The van der Waals surface area contributed by atoms with E-state index in [1.165, 1.54) is 0 Å². The number of likely N-dealkylation sites (tertiary alicyclic amines) is 1. The highest BCUT2D eigenvalue weighted by Crippen LogP contribution is 2.46. The van der Waals surface area contributed by atoms with Crippen LogP contribution in [0.4, 0.5) is 0 Å². The standard InChI is InChI=1S/C25H30N8O2/c1-13(2)18-19(16-9-33-23(27-12-28-33)15(4)14(16)3)30-22-20(18)29-21-24(31-22)35-11-25(21)5-7-32(8-6-25)10-17(26)34/h9,12-13H,5-8,10-11H2,1-4H3,(H2,26,34)(H,30,31). The molecule has 0 atom stereocenters. The number of carbonyl (C=O) groups excluding carboxylic acids is 1. The number of aryl methyl sites for hydroxylation is 1. The topological polar surface area (TPSA) is 127 Å². The lowest BCUT2D eigenvalue weighted by molar-refractivity contribution is -0.119. The lowest BCUT2D eigenvalue weighted by Gasteiger charge is -2.37. The Kier molecular flexibility index (Phi) is 4.86. The smallest absolute Gasteiger partial charge is 0.238 e. The van der Waals surface area contributed by atoms with E-state index in [2.05, 4.69) is 47.7 Å². The second kappa shape index (κ2) is 7.74. The van der Waals surface area contributed by atoms with Crippen LogP contribution in [0.15, 0.2) is 12.5 Å². The first-order chi connectivity index (χ1) is 16.8. The molecule has 6 rings (SSSR count). The third-order valence-corrected chi connectivity index (χ3v) is 7.78. The fourth-order valence-corrected chi connectivity index (χ4v) is 5.69. The van der Waals surface area contributed by atoms with Gasteiger partial charge in [-0.1, -0.05) is 13.8 Å². The van der Waals surface area contributed by atoms with E-state index in [1.807, 2.05) is 10.7 Å². The molecule has 0 saturated carbocycles. The second-order valence-corrected chi connectivity index (χ2v) is 10.3. The third kappa shape index (κ3) is 3.30. The monoisotopic (exact) mass is 474 g/mol. The Balaban J connectivity index is 1.47. The minimum Gasteiger partial charge on any atom is -0.475 e. The minimum atomic E-state index is -0.290. The van der Waals surface area contributed by atoms with Gasteiger partial charge in [0.25, 0.3) is 0 Å². The molecule has 4 aromatic heterocycles. The van der Waals surface area contributed by atoms with E-state index in [0.717, 1.165) is 76.4 Å². The van der Waals surface area contributed by atoms with Crippen molar-refractivity contribution in [2.75, 3.05) is 26.2 Å². The Bertz CT molecular complexity index is 1480. The van der Waals surface area contributed by atoms with E-state index >= 15 is 0 Å². The van der Waals surface area contributed by atoms with Crippen LogP contribution in [0.5, 0.6) is 5.88 Å². The molecule has 2 aliphatic rings. The van der Waals surface area contributed by atoms with Crippen LogP contribution in [0.25, 0.3) is 28.1 Å². The van der Waals surface area contributed by atoms with Gasteiger partial charge in [0.15, 0.2) is 11.3 Å². The van der Waals surface area contributed by atoms with Gasteiger partial charge in [-0.3, -0.25) is 9.69 Å². The summed E-state index contributed by atoms with van der Waals surface area (Å²) in [6, 6.07) is 0. The normalized spacial score (nSPS) is 17.5. The number of rotatable bonds is 4. The molecule has 0 unspecified atom stereocenters. The molecule has 0 aromatic carbocycles. The molecule has 10 nitrogen and oxygen atoms in total. The van der Waals surface area contributed by atoms with Crippen LogP contribution in [-0.4, -0.2) is 66.6 Å². The zero-order valence-electron chi connectivity index (χ0n) is 20.6. The number of nitrogens with one attached hydrogen (secondary N) is 1. The highest BCUT2D eigenvalue weighted by atomic mass is 16.5. The Hall–Kier alpha value is -3.53. The van der Waals surface area contributed by atoms with Gasteiger partial charge in [-0.15, -0.1) is 0 Å². The summed E-state index contributed by atoms with van der Waals surface area (Å²) in [6.45, 7) is 11.0. The molecule has 6 heterocycles. The summed E-state index contributed by atoms with van der Waals surface area (Å²) in [5.41, 5.74) is 14.1.